The van der Waals surface area contributed by atoms with Gasteiger partial charge in [0.25, 0.3) is 6.43 Å². The minimum absolute atomic E-state index is 0.109. The largest absolute Gasteiger partial charge is 0.488 e. The number of aryl methyl sites for hydroxylation is 1. The SMILES string of the molecule is Cc1ccc2c(c1)CC(CN(CCO)CC(F)F)O2. The number of rotatable bonds is 6. The van der Waals surface area contributed by atoms with Gasteiger partial charge in [-0.3, -0.25) is 4.90 Å². The third kappa shape index (κ3) is 3.88. The summed E-state index contributed by atoms with van der Waals surface area (Å²) in [6.45, 7) is 2.24. The first-order chi connectivity index (χ1) is 9.08. The van der Waals surface area contributed by atoms with Crippen molar-refractivity contribution in [1.82, 2.24) is 4.90 Å². The lowest BCUT2D eigenvalue weighted by atomic mass is 10.1. The lowest BCUT2D eigenvalue weighted by molar-refractivity contribution is 0.0575. The van der Waals surface area contributed by atoms with Gasteiger partial charge in [0.15, 0.2) is 0 Å². The van der Waals surface area contributed by atoms with Crippen LogP contribution in [-0.2, 0) is 6.42 Å². The predicted molar refractivity (Wildman–Crippen MR) is 68.8 cm³/mol. The van der Waals surface area contributed by atoms with E-state index in [-0.39, 0.29) is 25.8 Å². The fourth-order valence-electron chi connectivity index (χ4n) is 2.43. The van der Waals surface area contributed by atoms with Crippen molar-refractivity contribution in [3.8, 4) is 5.75 Å². The Hall–Kier alpha value is -1.20. The van der Waals surface area contributed by atoms with Crippen LogP contribution >= 0.6 is 0 Å². The monoisotopic (exact) mass is 271 g/mol. The van der Waals surface area contributed by atoms with Gasteiger partial charge in [-0.15, -0.1) is 0 Å². The molecule has 1 aliphatic rings. The van der Waals surface area contributed by atoms with E-state index >= 15 is 0 Å². The van der Waals surface area contributed by atoms with Gasteiger partial charge in [0.2, 0.25) is 0 Å². The molecular weight excluding hydrogens is 252 g/mol. The highest BCUT2D eigenvalue weighted by atomic mass is 19.3. The topological polar surface area (TPSA) is 32.7 Å². The number of alkyl halides is 2. The lowest BCUT2D eigenvalue weighted by Crippen LogP contribution is -2.39. The van der Waals surface area contributed by atoms with Crippen LogP contribution in [0.4, 0.5) is 8.78 Å². The molecule has 1 aromatic carbocycles. The van der Waals surface area contributed by atoms with Crippen molar-refractivity contribution in [1.29, 1.82) is 0 Å². The van der Waals surface area contributed by atoms with Gasteiger partial charge in [0.1, 0.15) is 11.9 Å². The van der Waals surface area contributed by atoms with Crippen LogP contribution in [0.2, 0.25) is 0 Å². The number of benzene rings is 1. The Morgan fingerprint density at radius 3 is 2.95 bits per heavy atom. The van der Waals surface area contributed by atoms with Gasteiger partial charge < -0.3 is 9.84 Å². The minimum atomic E-state index is -2.39. The van der Waals surface area contributed by atoms with E-state index in [2.05, 4.69) is 6.07 Å². The fraction of sp³-hybridized carbons (Fsp3) is 0.571. The Kier molecular flexibility index (Phi) is 4.71. The van der Waals surface area contributed by atoms with Gasteiger partial charge in [0.05, 0.1) is 13.2 Å². The third-order valence-corrected chi connectivity index (χ3v) is 3.23. The molecule has 0 amide bonds. The maximum absolute atomic E-state index is 12.4. The predicted octanol–water partition coefficient (Wildman–Crippen LogP) is 1.86. The number of nitrogens with zero attached hydrogens (tertiary/aromatic N) is 1. The number of aliphatic hydroxyl groups is 1. The molecule has 0 bridgehead atoms. The molecule has 1 atom stereocenters. The summed E-state index contributed by atoms with van der Waals surface area (Å²) in [6.07, 6.45) is -1.76. The summed E-state index contributed by atoms with van der Waals surface area (Å²) in [5, 5.41) is 8.91. The van der Waals surface area contributed by atoms with Crippen molar-refractivity contribution >= 4 is 0 Å². The zero-order valence-corrected chi connectivity index (χ0v) is 11.0. The number of aliphatic hydroxyl groups excluding tert-OH is 1. The third-order valence-electron chi connectivity index (χ3n) is 3.23. The smallest absolute Gasteiger partial charge is 0.251 e. The van der Waals surface area contributed by atoms with E-state index < -0.39 is 6.43 Å². The van der Waals surface area contributed by atoms with Gasteiger partial charge in [0, 0.05) is 19.5 Å². The van der Waals surface area contributed by atoms with Gasteiger partial charge >= 0.3 is 0 Å². The first kappa shape index (κ1) is 14.2. The number of fused-ring (bicyclic) bond motifs is 1. The maximum atomic E-state index is 12.4. The van der Waals surface area contributed by atoms with E-state index in [0.29, 0.717) is 6.54 Å². The molecule has 0 aliphatic carbocycles. The van der Waals surface area contributed by atoms with Crippen LogP contribution in [0, 0.1) is 6.92 Å². The van der Waals surface area contributed by atoms with Crippen molar-refractivity contribution in [2.24, 2.45) is 0 Å². The van der Waals surface area contributed by atoms with E-state index in [9.17, 15) is 8.78 Å². The normalized spacial score (nSPS) is 17.9. The molecular formula is C14H19F2NO2. The molecule has 0 fully saturated rings. The highest BCUT2D eigenvalue weighted by Crippen LogP contribution is 2.29. The molecule has 1 aromatic rings. The summed E-state index contributed by atoms with van der Waals surface area (Å²) in [6, 6.07) is 5.97. The van der Waals surface area contributed by atoms with E-state index in [0.717, 1.165) is 17.7 Å². The second-order valence-electron chi connectivity index (χ2n) is 4.93. The zero-order valence-electron chi connectivity index (χ0n) is 11.0. The Bertz CT molecular complexity index is 426. The van der Waals surface area contributed by atoms with Gasteiger partial charge in [-0.2, -0.15) is 0 Å². The van der Waals surface area contributed by atoms with Crippen molar-refractivity contribution < 1.29 is 18.6 Å². The number of ether oxygens (including phenoxy) is 1. The number of halogens is 2. The molecule has 106 valence electrons. The maximum Gasteiger partial charge on any atom is 0.251 e. The van der Waals surface area contributed by atoms with Gasteiger partial charge in [-0.25, -0.2) is 8.78 Å². The Labute approximate surface area is 111 Å². The molecule has 1 unspecified atom stereocenters. The highest BCUT2D eigenvalue weighted by molar-refractivity contribution is 5.40. The molecule has 0 saturated heterocycles. The Balaban J connectivity index is 1.94. The molecule has 1 N–H and O–H groups in total. The molecule has 0 saturated carbocycles. The molecule has 2 rings (SSSR count). The Morgan fingerprint density at radius 1 is 1.47 bits per heavy atom. The van der Waals surface area contributed by atoms with Crippen LogP contribution in [0.25, 0.3) is 0 Å². The molecule has 0 radical (unpaired) electrons. The molecule has 5 heteroatoms. The van der Waals surface area contributed by atoms with Crippen LogP contribution in [-0.4, -0.2) is 48.8 Å². The van der Waals surface area contributed by atoms with Gasteiger partial charge in [-0.1, -0.05) is 17.7 Å². The summed E-state index contributed by atoms with van der Waals surface area (Å²) < 4.78 is 30.6. The quantitative estimate of drug-likeness (QED) is 0.857. The van der Waals surface area contributed by atoms with Gasteiger partial charge in [-0.05, 0) is 18.6 Å². The van der Waals surface area contributed by atoms with Crippen molar-refractivity contribution in [2.75, 3.05) is 26.2 Å². The van der Waals surface area contributed by atoms with E-state index in [4.69, 9.17) is 9.84 Å². The fourth-order valence-corrected chi connectivity index (χ4v) is 2.43. The molecule has 19 heavy (non-hydrogen) atoms. The second-order valence-corrected chi connectivity index (χ2v) is 4.93. The van der Waals surface area contributed by atoms with Crippen LogP contribution in [0.3, 0.4) is 0 Å². The van der Waals surface area contributed by atoms with Crippen molar-refractivity contribution in [2.45, 2.75) is 25.9 Å². The van der Waals surface area contributed by atoms with Crippen LogP contribution in [0.5, 0.6) is 5.75 Å². The Morgan fingerprint density at radius 2 is 2.26 bits per heavy atom. The summed E-state index contributed by atoms with van der Waals surface area (Å²) in [7, 11) is 0. The minimum Gasteiger partial charge on any atom is -0.488 e. The second kappa shape index (κ2) is 6.30. The molecule has 1 aliphatic heterocycles. The van der Waals surface area contributed by atoms with Crippen molar-refractivity contribution in [3.63, 3.8) is 0 Å². The van der Waals surface area contributed by atoms with Crippen LogP contribution in [0.1, 0.15) is 11.1 Å². The van der Waals surface area contributed by atoms with Crippen LogP contribution < -0.4 is 4.74 Å². The molecule has 3 nitrogen and oxygen atoms in total. The summed E-state index contributed by atoms with van der Waals surface area (Å²) in [4.78, 5) is 1.55. The molecule has 0 spiro atoms. The number of hydrogen-bond donors (Lipinski definition) is 1. The average Bonchev–Trinajstić information content (AvgIpc) is 2.69. The zero-order chi connectivity index (χ0) is 13.8. The van der Waals surface area contributed by atoms with E-state index in [1.807, 2.05) is 19.1 Å². The summed E-state index contributed by atoms with van der Waals surface area (Å²) in [5.74, 6) is 0.844. The number of hydrogen-bond acceptors (Lipinski definition) is 3. The lowest BCUT2D eigenvalue weighted by Gasteiger charge is -2.23. The molecule has 1 heterocycles. The van der Waals surface area contributed by atoms with Crippen LogP contribution in [0.15, 0.2) is 18.2 Å². The first-order valence-corrected chi connectivity index (χ1v) is 6.46. The van der Waals surface area contributed by atoms with E-state index in [1.54, 1.807) is 4.90 Å². The summed E-state index contributed by atoms with van der Waals surface area (Å²) >= 11 is 0. The summed E-state index contributed by atoms with van der Waals surface area (Å²) in [5.41, 5.74) is 2.30. The van der Waals surface area contributed by atoms with E-state index in [1.165, 1.54) is 5.56 Å². The average molecular weight is 271 g/mol. The first-order valence-electron chi connectivity index (χ1n) is 6.46. The highest BCUT2D eigenvalue weighted by Gasteiger charge is 2.25. The standard InChI is InChI=1S/C14H19F2NO2/c1-10-2-3-13-11(6-10)7-12(19-13)8-17(4-5-18)9-14(15)16/h2-3,6,12,14,18H,4-5,7-9H2,1H3. The van der Waals surface area contributed by atoms with Crippen molar-refractivity contribution in [3.05, 3.63) is 29.3 Å². The molecule has 0 aromatic heterocycles.